The number of hydrogen-bond acceptors (Lipinski definition) is 2. The molecule has 122 valence electrons. The summed E-state index contributed by atoms with van der Waals surface area (Å²) in [6.45, 7) is 0. The van der Waals surface area contributed by atoms with Gasteiger partial charge in [0.1, 0.15) is 0 Å². The predicted octanol–water partition coefficient (Wildman–Crippen LogP) is 5.21. The maximum absolute atomic E-state index is 10.9. The first-order chi connectivity index (χ1) is 11.2. The molecule has 3 aromatic carbocycles. The molecule has 0 bridgehead atoms. The Morgan fingerprint density at radius 2 is 1.67 bits per heavy atom. The highest BCUT2D eigenvalue weighted by Crippen LogP contribution is 2.28. The molecule has 0 spiro atoms. The third kappa shape index (κ3) is 4.73. The highest BCUT2D eigenvalue weighted by Gasteiger charge is 2.02. The normalized spacial score (nSPS) is 10.7. The van der Waals surface area contributed by atoms with E-state index in [-0.39, 0.29) is 17.0 Å². The molecule has 0 heterocycles. The lowest BCUT2D eigenvalue weighted by molar-refractivity contribution is -0.113. The SMILES string of the molecule is Br.NC(=O)/C=C/c1ccccc1SCc1ccc2ccccc2c1. The lowest BCUT2D eigenvalue weighted by atomic mass is 10.1. The average Bonchev–Trinajstić information content (AvgIpc) is 2.58. The summed E-state index contributed by atoms with van der Waals surface area (Å²) in [7, 11) is 0. The van der Waals surface area contributed by atoms with Crippen LogP contribution in [0.4, 0.5) is 0 Å². The Morgan fingerprint density at radius 1 is 0.958 bits per heavy atom. The molecule has 2 N–H and O–H groups in total. The van der Waals surface area contributed by atoms with Crippen LogP contribution in [0.3, 0.4) is 0 Å². The lowest BCUT2D eigenvalue weighted by Gasteiger charge is -2.07. The van der Waals surface area contributed by atoms with Crippen LogP contribution in [0.15, 0.2) is 77.7 Å². The molecule has 24 heavy (non-hydrogen) atoms. The molecule has 3 rings (SSSR count). The smallest absolute Gasteiger partial charge is 0.241 e. The molecule has 4 heteroatoms. The first kappa shape index (κ1) is 18.3. The second-order valence-electron chi connectivity index (χ2n) is 5.24. The zero-order chi connectivity index (χ0) is 16.1. The number of benzene rings is 3. The second kappa shape index (κ2) is 8.71. The Hall–Kier alpha value is -2.04. The van der Waals surface area contributed by atoms with E-state index in [0.717, 1.165) is 16.2 Å². The molecule has 3 aromatic rings. The van der Waals surface area contributed by atoms with Crippen molar-refractivity contribution in [3.63, 3.8) is 0 Å². The van der Waals surface area contributed by atoms with Crippen molar-refractivity contribution in [2.45, 2.75) is 10.6 Å². The third-order valence-corrected chi connectivity index (χ3v) is 4.71. The van der Waals surface area contributed by atoms with Crippen LogP contribution in [0.25, 0.3) is 16.8 Å². The Balaban J connectivity index is 0.00000208. The monoisotopic (exact) mass is 399 g/mol. The highest BCUT2D eigenvalue weighted by atomic mass is 79.9. The minimum Gasteiger partial charge on any atom is -0.366 e. The number of primary amides is 1. The minimum atomic E-state index is -0.431. The van der Waals surface area contributed by atoms with Crippen molar-refractivity contribution in [1.29, 1.82) is 0 Å². The molecule has 0 saturated heterocycles. The Kier molecular flexibility index (Phi) is 6.64. The fourth-order valence-electron chi connectivity index (χ4n) is 2.41. The van der Waals surface area contributed by atoms with Gasteiger partial charge in [-0.15, -0.1) is 28.7 Å². The Labute approximate surface area is 156 Å². The van der Waals surface area contributed by atoms with Gasteiger partial charge in [-0.05, 0) is 34.0 Å². The van der Waals surface area contributed by atoms with E-state index >= 15 is 0 Å². The van der Waals surface area contributed by atoms with Crippen LogP contribution in [-0.2, 0) is 10.5 Å². The molecular formula is C20H18BrNOS. The van der Waals surface area contributed by atoms with E-state index in [1.165, 1.54) is 22.4 Å². The molecule has 0 aliphatic heterocycles. The van der Waals surface area contributed by atoms with Crippen molar-refractivity contribution in [2.75, 3.05) is 0 Å². The molecule has 0 saturated carbocycles. The van der Waals surface area contributed by atoms with Crippen LogP contribution in [0.5, 0.6) is 0 Å². The van der Waals surface area contributed by atoms with E-state index in [1.807, 2.05) is 18.2 Å². The Morgan fingerprint density at radius 3 is 2.46 bits per heavy atom. The maximum Gasteiger partial charge on any atom is 0.241 e. The van der Waals surface area contributed by atoms with Gasteiger partial charge in [0.15, 0.2) is 0 Å². The van der Waals surface area contributed by atoms with Crippen molar-refractivity contribution < 1.29 is 4.79 Å². The van der Waals surface area contributed by atoms with Gasteiger partial charge in [0.2, 0.25) is 5.91 Å². The number of rotatable bonds is 5. The number of fused-ring (bicyclic) bond motifs is 1. The molecule has 0 atom stereocenters. The summed E-state index contributed by atoms with van der Waals surface area (Å²) in [6, 6.07) is 22.9. The van der Waals surface area contributed by atoms with Gasteiger partial charge in [-0.25, -0.2) is 0 Å². The topological polar surface area (TPSA) is 43.1 Å². The summed E-state index contributed by atoms with van der Waals surface area (Å²) in [4.78, 5) is 12.1. The van der Waals surface area contributed by atoms with Crippen LogP contribution in [0.2, 0.25) is 0 Å². The number of amides is 1. The number of nitrogens with two attached hydrogens (primary N) is 1. The van der Waals surface area contributed by atoms with Crippen LogP contribution >= 0.6 is 28.7 Å². The van der Waals surface area contributed by atoms with Crippen molar-refractivity contribution in [3.8, 4) is 0 Å². The zero-order valence-electron chi connectivity index (χ0n) is 13.0. The zero-order valence-corrected chi connectivity index (χ0v) is 15.5. The molecule has 2 nitrogen and oxygen atoms in total. The number of halogens is 1. The summed E-state index contributed by atoms with van der Waals surface area (Å²) in [5.74, 6) is 0.450. The number of carbonyl (C=O) groups is 1. The first-order valence-electron chi connectivity index (χ1n) is 7.39. The van der Waals surface area contributed by atoms with E-state index in [4.69, 9.17) is 5.73 Å². The Bertz CT molecular complexity index is 876. The maximum atomic E-state index is 10.9. The van der Waals surface area contributed by atoms with Gasteiger partial charge >= 0.3 is 0 Å². The standard InChI is InChI=1S/C20H17NOS.BrH/c21-20(22)12-11-17-6-3-4-8-19(17)23-14-15-9-10-16-5-1-2-7-18(16)13-15;/h1-13H,14H2,(H2,21,22);1H/b12-11+;. The van der Waals surface area contributed by atoms with E-state index < -0.39 is 5.91 Å². The molecule has 0 aliphatic carbocycles. The average molecular weight is 400 g/mol. The van der Waals surface area contributed by atoms with Crippen LogP contribution < -0.4 is 5.73 Å². The van der Waals surface area contributed by atoms with Crippen molar-refractivity contribution in [3.05, 3.63) is 83.9 Å². The minimum absolute atomic E-state index is 0. The van der Waals surface area contributed by atoms with Gasteiger partial charge in [-0.1, -0.05) is 60.7 Å². The molecular weight excluding hydrogens is 382 g/mol. The van der Waals surface area contributed by atoms with Gasteiger partial charge in [-0.2, -0.15) is 0 Å². The summed E-state index contributed by atoms with van der Waals surface area (Å²) in [6.07, 6.45) is 3.17. The molecule has 0 fully saturated rings. The molecule has 0 aliphatic rings. The van der Waals surface area contributed by atoms with Gasteiger partial charge in [-0.3, -0.25) is 4.79 Å². The van der Waals surface area contributed by atoms with Gasteiger partial charge in [0, 0.05) is 16.7 Å². The predicted molar refractivity (Wildman–Crippen MR) is 109 cm³/mol. The van der Waals surface area contributed by atoms with Crippen molar-refractivity contribution >= 4 is 51.5 Å². The summed E-state index contributed by atoms with van der Waals surface area (Å²) >= 11 is 1.76. The van der Waals surface area contributed by atoms with Crippen molar-refractivity contribution in [2.24, 2.45) is 5.73 Å². The quantitative estimate of drug-likeness (QED) is 0.472. The van der Waals surface area contributed by atoms with Crippen LogP contribution in [0.1, 0.15) is 11.1 Å². The number of thioether (sulfide) groups is 1. The summed E-state index contributed by atoms with van der Waals surface area (Å²) in [5.41, 5.74) is 7.47. The second-order valence-corrected chi connectivity index (χ2v) is 6.26. The van der Waals surface area contributed by atoms with Gasteiger partial charge < -0.3 is 5.73 Å². The van der Waals surface area contributed by atoms with E-state index in [0.29, 0.717) is 0 Å². The summed E-state index contributed by atoms with van der Waals surface area (Å²) in [5, 5.41) is 2.51. The van der Waals surface area contributed by atoms with Gasteiger partial charge in [0.05, 0.1) is 0 Å². The van der Waals surface area contributed by atoms with Crippen LogP contribution in [0, 0.1) is 0 Å². The fraction of sp³-hybridized carbons (Fsp3) is 0.0500. The first-order valence-corrected chi connectivity index (χ1v) is 8.38. The number of hydrogen-bond donors (Lipinski definition) is 1. The van der Waals surface area contributed by atoms with Gasteiger partial charge in [0.25, 0.3) is 0 Å². The third-order valence-electron chi connectivity index (χ3n) is 3.55. The molecule has 0 aromatic heterocycles. The number of carbonyl (C=O) groups excluding carboxylic acids is 1. The van der Waals surface area contributed by atoms with E-state index in [9.17, 15) is 4.79 Å². The molecule has 0 radical (unpaired) electrons. The van der Waals surface area contributed by atoms with Crippen molar-refractivity contribution in [1.82, 2.24) is 0 Å². The van der Waals surface area contributed by atoms with Crippen LogP contribution in [-0.4, -0.2) is 5.91 Å². The lowest BCUT2D eigenvalue weighted by Crippen LogP contribution is -2.05. The summed E-state index contributed by atoms with van der Waals surface area (Å²) < 4.78 is 0. The largest absolute Gasteiger partial charge is 0.366 e. The highest BCUT2D eigenvalue weighted by molar-refractivity contribution is 8.93. The van der Waals surface area contributed by atoms with E-state index in [1.54, 1.807) is 17.8 Å². The molecule has 0 unspecified atom stereocenters. The fourth-order valence-corrected chi connectivity index (χ4v) is 3.39. The van der Waals surface area contributed by atoms with E-state index in [2.05, 4.69) is 48.5 Å². The molecule has 1 amide bonds.